The number of hydrogen-bond donors (Lipinski definition) is 2. The van der Waals surface area contributed by atoms with Crippen molar-refractivity contribution in [1.29, 1.82) is 0 Å². The summed E-state index contributed by atoms with van der Waals surface area (Å²) in [5.41, 5.74) is 0.298. The van der Waals surface area contributed by atoms with Gasteiger partial charge in [-0.1, -0.05) is 25.7 Å². The predicted octanol–water partition coefficient (Wildman–Crippen LogP) is 3.69. The van der Waals surface area contributed by atoms with Crippen LogP contribution >= 0.6 is 24.0 Å². The third kappa shape index (κ3) is 4.92. The lowest BCUT2D eigenvalue weighted by atomic mass is 9.60. The van der Waals surface area contributed by atoms with Gasteiger partial charge in [0.2, 0.25) is 5.91 Å². The van der Waals surface area contributed by atoms with E-state index in [0.717, 1.165) is 57.9 Å². The third-order valence-electron chi connectivity index (χ3n) is 7.86. The fraction of sp³-hybridized carbons (Fsp3) is 0.913. The Morgan fingerprint density at radius 1 is 1.10 bits per heavy atom. The first-order valence-corrected chi connectivity index (χ1v) is 12.1. The number of ether oxygens (including phenoxy) is 1. The molecule has 3 aliphatic carbocycles. The second-order valence-electron chi connectivity index (χ2n) is 9.54. The van der Waals surface area contributed by atoms with E-state index in [-0.39, 0.29) is 29.9 Å². The molecule has 6 nitrogen and oxygen atoms in total. The van der Waals surface area contributed by atoms with Gasteiger partial charge in [-0.3, -0.25) is 9.79 Å². The highest BCUT2D eigenvalue weighted by Crippen LogP contribution is 2.54. The molecular formula is C23H41IN4O2. The van der Waals surface area contributed by atoms with Crippen LogP contribution in [-0.2, 0) is 9.53 Å². The molecule has 3 unspecified atom stereocenters. The highest BCUT2D eigenvalue weighted by atomic mass is 127. The number of halogens is 1. The predicted molar refractivity (Wildman–Crippen MR) is 131 cm³/mol. The zero-order chi connectivity index (χ0) is 20.3. The molecule has 4 aliphatic rings. The van der Waals surface area contributed by atoms with Crippen molar-refractivity contribution in [3.63, 3.8) is 0 Å². The SMILES string of the molecule is CCN=C(NC1CCN(C(=O)C2CCCC2)C1)NC1CC(OCC)C12CCCC2.I. The summed E-state index contributed by atoms with van der Waals surface area (Å²) >= 11 is 0. The van der Waals surface area contributed by atoms with Gasteiger partial charge in [-0.25, -0.2) is 0 Å². The van der Waals surface area contributed by atoms with Gasteiger partial charge in [0.05, 0.1) is 6.10 Å². The molecule has 4 rings (SSSR count). The number of aliphatic imine (C=N–C) groups is 1. The van der Waals surface area contributed by atoms with Crippen molar-refractivity contribution >= 4 is 35.8 Å². The Hall–Kier alpha value is -0.570. The standard InChI is InChI=1S/C23H40N4O2.HI/c1-3-24-22(26-19-15-20(29-4-2)23(19)12-7-8-13-23)25-18-11-14-27(16-18)21(28)17-9-5-6-10-17;/h17-20H,3-16H2,1-2H3,(H2,24,25,26);1H. The Bertz CT molecular complexity index is 602. The van der Waals surface area contributed by atoms with Crippen LogP contribution in [0.4, 0.5) is 0 Å². The topological polar surface area (TPSA) is 66.0 Å². The minimum atomic E-state index is 0. The normalized spacial score (nSPS) is 30.9. The summed E-state index contributed by atoms with van der Waals surface area (Å²) in [6.07, 6.45) is 12.3. The van der Waals surface area contributed by atoms with E-state index in [2.05, 4.69) is 29.4 Å². The molecule has 1 amide bonds. The summed E-state index contributed by atoms with van der Waals surface area (Å²) in [7, 11) is 0. The Labute approximate surface area is 199 Å². The number of nitrogens with zero attached hydrogens (tertiary/aromatic N) is 2. The van der Waals surface area contributed by atoms with Crippen LogP contribution in [0.25, 0.3) is 0 Å². The molecule has 30 heavy (non-hydrogen) atoms. The van der Waals surface area contributed by atoms with Crippen molar-refractivity contribution in [3.05, 3.63) is 0 Å². The van der Waals surface area contributed by atoms with Gasteiger partial charge in [-0.2, -0.15) is 0 Å². The van der Waals surface area contributed by atoms with Crippen LogP contribution in [0.2, 0.25) is 0 Å². The highest BCUT2D eigenvalue weighted by molar-refractivity contribution is 14.0. The smallest absolute Gasteiger partial charge is 0.225 e. The second-order valence-corrected chi connectivity index (χ2v) is 9.54. The molecular weight excluding hydrogens is 491 g/mol. The molecule has 1 spiro atoms. The van der Waals surface area contributed by atoms with Crippen LogP contribution < -0.4 is 10.6 Å². The summed E-state index contributed by atoms with van der Waals surface area (Å²) in [6.45, 7) is 7.46. The number of nitrogens with one attached hydrogen (secondary N) is 2. The summed E-state index contributed by atoms with van der Waals surface area (Å²) in [6, 6.07) is 0.762. The van der Waals surface area contributed by atoms with Gasteiger partial charge >= 0.3 is 0 Å². The first-order valence-electron chi connectivity index (χ1n) is 12.1. The van der Waals surface area contributed by atoms with E-state index < -0.39 is 0 Å². The van der Waals surface area contributed by atoms with E-state index in [1.165, 1.54) is 38.5 Å². The van der Waals surface area contributed by atoms with Gasteiger partial charge in [0, 0.05) is 49.7 Å². The Morgan fingerprint density at radius 2 is 1.83 bits per heavy atom. The van der Waals surface area contributed by atoms with Crippen LogP contribution in [0.15, 0.2) is 4.99 Å². The number of carbonyl (C=O) groups excluding carboxylic acids is 1. The quantitative estimate of drug-likeness (QED) is 0.311. The fourth-order valence-corrected chi connectivity index (χ4v) is 6.25. The molecule has 172 valence electrons. The van der Waals surface area contributed by atoms with E-state index in [1.807, 2.05) is 0 Å². The van der Waals surface area contributed by atoms with Gasteiger partial charge in [0.15, 0.2) is 5.96 Å². The largest absolute Gasteiger partial charge is 0.378 e. The summed E-state index contributed by atoms with van der Waals surface area (Å²) in [5.74, 6) is 1.60. The van der Waals surface area contributed by atoms with Crippen LogP contribution in [0.1, 0.15) is 78.1 Å². The monoisotopic (exact) mass is 532 g/mol. The molecule has 3 atom stereocenters. The lowest BCUT2D eigenvalue weighted by Gasteiger charge is -2.54. The average Bonchev–Trinajstić information content (AvgIpc) is 3.49. The molecule has 0 aromatic carbocycles. The minimum absolute atomic E-state index is 0. The molecule has 0 aromatic heterocycles. The maximum absolute atomic E-state index is 12.7. The summed E-state index contributed by atoms with van der Waals surface area (Å²) in [4.78, 5) is 19.6. The molecule has 0 radical (unpaired) electrons. The summed E-state index contributed by atoms with van der Waals surface area (Å²) in [5, 5.41) is 7.41. The number of guanidine groups is 1. The molecule has 3 saturated carbocycles. The van der Waals surface area contributed by atoms with Gasteiger partial charge in [-0.05, 0) is 52.4 Å². The molecule has 7 heteroatoms. The van der Waals surface area contributed by atoms with Crippen molar-refractivity contribution < 1.29 is 9.53 Å². The average molecular weight is 533 g/mol. The first kappa shape index (κ1) is 24.1. The van der Waals surface area contributed by atoms with E-state index in [0.29, 0.717) is 29.5 Å². The highest BCUT2D eigenvalue weighted by Gasteiger charge is 2.57. The van der Waals surface area contributed by atoms with E-state index in [1.54, 1.807) is 0 Å². The number of rotatable bonds is 6. The van der Waals surface area contributed by atoms with Crippen molar-refractivity contribution in [2.45, 2.75) is 96.2 Å². The van der Waals surface area contributed by atoms with E-state index in [9.17, 15) is 4.79 Å². The molecule has 4 fully saturated rings. The molecule has 1 saturated heterocycles. The molecule has 0 bridgehead atoms. The Morgan fingerprint density at radius 3 is 2.50 bits per heavy atom. The van der Waals surface area contributed by atoms with Crippen molar-refractivity contribution in [1.82, 2.24) is 15.5 Å². The van der Waals surface area contributed by atoms with Gasteiger partial charge < -0.3 is 20.3 Å². The van der Waals surface area contributed by atoms with E-state index in [4.69, 9.17) is 9.73 Å². The maximum Gasteiger partial charge on any atom is 0.225 e. The van der Waals surface area contributed by atoms with Crippen molar-refractivity contribution in [2.75, 3.05) is 26.2 Å². The number of carbonyl (C=O) groups is 1. The number of hydrogen-bond acceptors (Lipinski definition) is 3. The number of likely N-dealkylation sites (tertiary alicyclic amines) is 1. The molecule has 0 aromatic rings. The lowest BCUT2D eigenvalue weighted by Crippen LogP contribution is -2.65. The van der Waals surface area contributed by atoms with Crippen molar-refractivity contribution in [2.24, 2.45) is 16.3 Å². The maximum atomic E-state index is 12.7. The van der Waals surface area contributed by atoms with Crippen LogP contribution in [0.3, 0.4) is 0 Å². The third-order valence-corrected chi connectivity index (χ3v) is 7.86. The van der Waals surface area contributed by atoms with Gasteiger partial charge in [-0.15, -0.1) is 24.0 Å². The zero-order valence-corrected chi connectivity index (χ0v) is 21.2. The summed E-state index contributed by atoms with van der Waals surface area (Å²) < 4.78 is 6.07. The minimum Gasteiger partial charge on any atom is -0.378 e. The van der Waals surface area contributed by atoms with Gasteiger partial charge in [0.1, 0.15) is 0 Å². The Kier molecular flexibility index (Phi) is 8.70. The fourth-order valence-electron chi connectivity index (χ4n) is 6.25. The number of amides is 1. The molecule has 1 heterocycles. The van der Waals surface area contributed by atoms with Crippen LogP contribution in [-0.4, -0.2) is 61.2 Å². The lowest BCUT2D eigenvalue weighted by molar-refractivity contribution is -0.134. The second kappa shape index (κ2) is 10.8. The Balaban J connectivity index is 0.00000256. The molecule has 2 N–H and O–H groups in total. The molecule has 1 aliphatic heterocycles. The van der Waals surface area contributed by atoms with E-state index >= 15 is 0 Å². The van der Waals surface area contributed by atoms with Crippen molar-refractivity contribution in [3.8, 4) is 0 Å². The van der Waals surface area contributed by atoms with Gasteiger partial charge in [0.25, 0.3) is 0 Å². The van der Waals surface area contributed by atoms with Crippen LogP contribution in [0.5, 0.6) is 0 Å². The van der Waals surface area contributed by atoms with Crippen LogP contribution in [0, 0.1) is 11.3 Å². The first-order chi connectivity index (χ1) is 14.2. The zero-order valence-electron chi connectivity index (χ0n) is 18.8.